The molecule has 0 aliphatic carbocycles. The molecule has 4 heterocycles. The number of likely N-dealkylation sites (tertiary alicyclic amines) is 1. The number of aliphatic hydroxyl groups is 1. The highest BCUT2D eigenvalue weighted by Crippen LogP contribution is 2.59. The fourth-order valence-corrected chi connectivity index (χ4v) is 7.59. The molecule has 3 fully saturated rings. The van der Waals surface area contributed by atoms with Gasteiger partial charge < -0.3 is 24.5 Å². The second kappa shape index (κ2) is 12.6. The van der Waals surface area contributed by atoms with Crippen molar-refractivity contribution in [1.82, 2.24) is 29.7 Å². The van der Waals surface area contributed by atoms with E-state index in [0.29, 0.717) is 37.9 Å². The molecule has 6 rings (SSSR count). The Morgan fingerprint density at radius 2 is 1.80 bits per heavy atom. The second-order valence-corrected chi connectivity index (χ2v) is 12.1. The van der Waals surface area contributed by atoms with Gasteiger partial charge in [0.15, 0.2) is 0 Å². The number of benzene rings is 2. The van der Waals surface area contributed by atoms with E-state index in [4.69, 9.17) is 4.74 Å². The quantitative estimate of drug-likeness (QED) is 0.295. The molecule has 3 aliphatic heterocycles. The van der Waals surface area contributed by atoms with Crippen LogP contribution in [-0.2, 0) is 32.3 Å². The SMILES string of the molecule is C=CCN(Cn1nnc2ccccc21)C(=O)C1N([C@@H](CC)CO)C(=O)[C@@H]2[C@@H](C(=O)N(CC=C)Cc3ccccc3)[C@H]3CCC12O3. The molecule has 3 saturated heterocycles. The van der Waals surface area contributed by atoms with Gasteiger partial charge in [0.25, 0.3) is 0 Å². The van der Waals surface area contributed by atoms with E-state index in [9.17, 15) is 19.5 Å². The van der Waals surface area contributed by atoms with Crippen LogP contribution in [0.3, 0.4) is 0 Å². The summed E-state index contributed by atoms with van der Waals surface area (Å²) in [6.45, 7) is 10.2. The number of aliphatic hydroxyl groups excluding tert-OH is 1. The Kier molecular flexibility index (Phi) is 8.56. The minimum absolute atomic E-state index is 0.0799. The molecule has 2 aromatic carbocycles. The van der Waals surface area contributed by atoms with E-state index < -0.39 is 35.6 Å². The Balaban J connectivity index is 1.36. The smallest absolute Gasteiger partial charge is 0.250 e. The van der Waals surface area contributed by atoms with Crippen LogP contribution < -0.4 is 0 Å². The number of hydrogen-bond donors (Lipinski definition) is 1. The van der Waals surface area contributed by atoms with Gasteiger partial charge in [-0.05, 0) is 37.0 Å². The van der Waals surface area contributed by atoms with Crippen LogP contribution >= 0.6 is 0 Å². The zero-order chi connectivity index (χ0) is 31.7. The highest BCUT2D eigenvalue weighted by molar-refractivity contribution is 5.99. The molecule has 3 aromatic rings. The van der Waals surface area contributed by atoms with Crippen molar-refractivity contribution < 1.29 is 24.2 Å². The van der Waals surface area contributed by atoms with Gasteiger partial charge in [0.05, 0.1) is 36.1 Å². The summed E-state index contributed by atoms with van der Waals surface area (Å²) in [5.74, 6) is -2.44. The van der Waals surface area contributed by atoms with E-state index in [1.54, 1.807) is 26.6 Å². The molecule has 2 unspecified atom stereocenters. The maximum atomic E-state index is 14.7. The molecule has 3 aliphatic rings. The summed E-state index contributed by atoms with van der Waals surface area (Å²) in [6, 6.07) is 15.5. The molecule has 1 N–H and O–H groups in total. The van der Waals surface area contributed by atoms with E-state index in [1.165, 1.54) is 4.90 Å². The molecule has 1 spiro atoms. The zero-order valence-electron chi connectivity index (χ0n) is 25.6. The Hall–Kier alpha value is -4.35. The van der Waals surface area contributed by atoms with Crippen LogP contribution in [-0.4, -0.2) is 96.0 Å². The van der Waals surface area contributed by atoms with Gasteiger partial charge >= 0.3 is 0 Å². The summed E-state index contributed by atoms with van der Waals surface area (Å²) in [5, 5.41) is 18.9. The molecule has 6 atom stereocenters. The number of rotatable bonds is 13. The van der Waals surface area contributed by atoms with Gasteiger partial charge in [-0.3, -0.25) is 14.4 Å². The third-order valence-electron chi connectivity index (χ3n) is 9.60. The number of hydrogen-bond acceptors (Lipinski definition) is 7. The first-order valence-corrected chi connectivity index (χ1v) is 15.6. The highest BCUT2D eigenvalue weighted by Gasteiger charge is 2.75. The van der Waals surface area contributed by atoms with Crippen LogP contribution in [0, 0.1) is 11.8 Å². The van der Waals surface area contributed by atoms with Crippen LogP contribution in [0.5, 0.6) is 0 Å². The van der Waals surface area contributed by atoms with E-state index >= 15 is 0 Å². The van der Waals surface area contributed by atoms with Crippen LogP contribution in [0.2, 0.25) is 0 Å². The number of carbonyl (C=O) groups is 3. The molecule has 11 nitrogen and oxygen atoms in total. The van der Waals surface area contributed by atoms with Gasteiger partial charge in [-0.1, -0.05) is 66.8 Å². The van der Waals surface area contributed by atoms with Crippen molar-refractivity contribution >= 4 is 28.8 Å². The topological polar surface area (TPSA) is 121 Å². The molecule has 0 saturated carbocycles. The highest BCUT2D eigenvalue weighted by atomic mass is 16.5. The molecule has 236 valence electrons. The first kappa shape index (κ1) is 30.7. The van der Waals surface area contributed by atoms with Crippen LogP contribution in [0.25, 0.3) is 11.0 Å². The molecule has 2 bridgehead atoms. The number of amides is 3. The largest absolute Gasteiger partial charge is 0.394 e. The Labute approximate surface area is 262 Å². The summed E-state index contributed by atoms with van der Waals surface area (Å²) in [6.07, 6.45) is 4.26. The molecular weight excluding hydrogens is 572 g/mol. The molecule has 11 heteroatoms. The van der Waals surface area contributed by atoms with Gasteiger partial charge in [-0.15, -0.1) is 18.3 Å². The predicted octanol–water partition coefficient (Wildman–Crippen LogP) is 2.76. The summed E-state index contributed by atoms with van der Waals surface area (Å²) in [5.41, 5.74) is 1.23. The Morgan fingerprint density at radius 1 is 1.09 bits per heavy atom. The van der Waals surface area contributed by atoms with Gasteiger partial charge in [0, 0.05) is 19.6 Å². The Morgan fingerprint density at radius 3 is 2.51 bits per heavy atom. The molecule has 3 amide bonds. The lowest BCUT2D eigenvalue weighted by Gasteiger charge is -2.39. The van der Waals surface area contributed by atoms with Crippen molar-refractivity contribution in [3.05, 3.63) is 85.5 Å². The van der Waals surface area contributed by atoms with Crippen LogP contribution in [0.1, 0.15) is 31.7 Å². The number of carbonyl (C=O) groups excluding carboxylic acids is 3. The average molecular weight is 613 g/mol. The number of aromatic nitrogens is 3. The van der Waals surface area contributed by atoms with Crippen molar-refractivity contribution in [3.63, 3.8) is 0 Å². The van der Waals surface area contributed by atoms with Crippen molar-refractivity contribution in [2.45, 2.75) is 63.2 Å². The van der Waals surface area contributed by atoms with Crippen molar-refractivity contribution in [1.29, 1.82) is 0 Å². The van der Waals surface area contributed by atoms with Gasteiger partial charge in [-0.25, -0.2) is 4.68 Å². The maximum absolute atomic E-state index is 14.7. The number of fused-ring (bicyclic) bond motifs is 2. The fourth-order valence-electron chi connectivity index (χ4n) is 7.59. The third kappa shape index (κ3) is 5.13. The monoisotopic (exact) mass is 612 g/mol. The van der Waals surface area contributed by atoms with Crippen molar-refractivity contribution in [2.75, 3.05) is 19.7 Å². The second-order valence-electron chi connectivity index (χ2n) is 12.1. The summed E-state index contributed by atoms with van der Waals surface area (Å²) in [4.78, 5) is 48.4. The van der Waals surface area contributed by atoms with E-state index in [0.717, 1.165) is 11.1 Å². The fraction of sp³-hybridized carbons (Fsp3) is 0.441. The van der Waals surface area contributed by atoms with Gasteiger partial charge in [0.2, 0.25) is 17.7 Å². The maximum Gasteiger partial charge on any atom is 0.250 e. The molecular formula is C34H40N6O5. The number of ether oxygens (including phenoxy) is 1. The first-order valence-electron chi connectivity index (χ1n) is 15.6. The lowest BCUT2D eigenvalue weighted by atomic mass is 9.70. The number of para-hydroxylation sites is 1. The summed E-state index contributed by atoms with van der Waals surface area (Å²) < 4.78 is 8.32. The minimum Gasteiger partial charge on any atom is -0.394 e. The average Bonchev–Trinajstić information content (AvgIpc) is 3.81. The lowest BCUT2D eigenvalue weighted by Crippen LogP contribution is -2.58. The Bertz CT molecular complexity index is 1590. The minimum atomic E-state index is -1.20. The summed E-state index contributed by atoms with van der Waals surface area (Å²) in [7, 11) is 0. The predicted molar refractivity (Wildman–Crippen MR) is 167 cm³/mol. The normalized spacial score (nSPS) is 25.7. The molecule has 1 aromatic heterocycles. The lowest BCUT2D eigenvalue weighted by molar-refractivity contribution is -0.153. The van der Waals surface area contributed by atoms with Crippen LogP contribution in [0.15, 0.2) is 79.9 Å². The zero-order valence-corrected chi connectivity index (χ0v) is 25.6. The van der Waals surface area contributed by atoms with E-state index in [1.807, 2.05) is 61.5 Å². The van der Waals surface area contributed by atoms with E-state index in [-0.39, 0.29) is 37.5 Å². The van der Waals surface area contributed by atoms with Crippen LogP contribution in [0.4, 0.5) is 0 Å². The molecule has 0 radical (unpaired) electrons. The van der Waals surface area contributed by atoms with Crippen molar-refractivity contribution in [2.24, 2.45) is 11.8 Å². The van der Waals surface area contributed by atoms with Crippen molar-refractivity contribution in [3.8, 4) is 0 Å². The first-order chi connectivity index (χ1) is 21.9. The van der Waals surface area contributed by atoms with E-state index in [2.05, 4.69) is 23.5 Å². The van der Waals surface area contributed by atoms with Gasteiger partial charge in [0.1, 0.15) is 23.8 Å². The standard InChI is InChI=1S/C34H40N6O5/c1-4-18-37(20-23-12-8-7-9-13-23)31(42)28-27-16-17-34(45-27)29(28)32(43)40(24(6-3)21-41)30(34)33(44)38(19-5-2)22-39-26-15-11-10-14-25(26)35-36-39/h4-5,7-15,24,27-30,41H,1-2,6,16-22H2,3H3/t24-,27+,28-,29-,30?,34?/m0/s1. The summed E-state index contributed by atoms with van der Waals surface area (Å²) >= 11 is 0. The van der Waals surface area contributed by atoms with Gasteiger partial charge in [-0.2, -0.15) is 0 Å². The number of nitrogens with zero attached hydrogens (tertiary/aromatic N) is 6. The molecule has 45 heavy (non-hydrogen) atoms. The third-order valence-corrected chi connectivity index (χ3v) is 9.60.